The molecule has 0 bridgehead atoms. The Kier molecular flexibility index (Phi) is 3.54. The van der Waals surface area contributed by atoms with Gasteiger partial charge in [-0.25, -0.2) is 4.98 Å². The van der Waals surface area contributed by atoms with Crippen LogP contribution in [-0.4, -0.2) is 26.9 Å². The van der Waals surface area contributed by atoms with Gasteiger partial charge in [0.2, 0.25) is 0 Å². The topological polar surface area (TPSA) is 61.8 Å². The molecule has 0 aliphatic heterocycles. The fraction of sp³-hybridized carbons (Fsp3) is 0.273. The Morgan fingerprint density at radius 2 is 2.06 bits per heavy atom. The van der Waals surface area contributed by atoms with E-state index in [1.807, 2.05) is 24.3 Å². The highest BCUT2D eigenvalue weighted by Gasteiger charge is 2.13. The summed E-state index contributed by atoms with van der Waals surface area (Å²) in [7, 11) is 0. The third-order valence-corrected chi connectivity index (χ3v) is 2.71. The predicted octanol–water partition coefficient (Wildman–Crippen LogP) is 1.78. The number of aromatic amines is 1. The van der Waals surface area contributed by atoms with Crippen molar-refractivity contribution in [3.8, 4) is 0 Å². The summed E-state index contributed by atoms with van der Waals surface area (Å²) in [4.78, 5) is 4.04. The fourth-order valence-electron chi connectivity index (χ4n) is 1.58. The van der Waals surface area contributed by atoms with Crippen LogP contribution >= 0.6 is 11.6 Å². The molecular formula is C11H12ClN3O. The molecule has 4 nitrogen and oxygen atoms in total. The van der Waals surface area contributed by atoms with Crippen LogP contribution in [0.2, 0.25) is 5.02 Å². The number of nitrogens with zero attached hydrogens (tertiary/aromatic N) is 2. The SMILES string of the molecule is OCC(Cc1nc[nH]n1)c1ccc(Cl)cc1. The minimum atomic E-state index is 0.00747. The monoisotopic (exact) mass is 237 g/mol. The molecule has 2 aromatic rings. The molecule has 16 heavy (non-hydrogen) atoms. The lowest BCUT2D eigenvalue weighted by molar-refractivity contribution is 0.263. The summed E-state index contributed by atoms with van der Waals surface area (Å²) in [6, 6.07) is 7.46. The van der Waals surface area contributed by atoms with Crippen molar-refractivity contribution >= 4 is 11.6 Å². The molecule has 0 saturated carbocycles. The van der Waals surface area contributed by atoms with Gasteiger partial charge in [-0.15, -0.1) is 0 Å². The van der Waals surface area contributed by atoms with E-state index in [2.05, 4.69) is 15.2 Å². The van der Waals surface area contributed by atoms with Crippen LogP contribution in [0.3, 0.4) is 0 Å². The Bertz CT molecular complexity index is 427. The summed E-state index contributed by atoms with van der Waals surface area (Å²) < 4.78 is 0. The van der Waals surface area contributed by atoms with Crippen LogP contribution in [0, 0.1) is 0 Å². The minimum Gasteiger partial charge on any atom is -0.396 e. The molecule has 1 atom stereocenters. The second kappa shape index (κ2) is 5.09. The van der Waals surface area contributed by atoms with Crippen molar-refractivity contribution in [2.24, 2.45) is 0 Å². The standard InChI is InChI=1S/C11H12ClN3O/c12-10-3-1-8(2-4-10)9(6-16)5-11-13-7-14-15-11/h1-4,7,9,16H,5-6H2,(H,13,14,15). The fourth-order valence-corrected chi connectivity index (χ4v) is 1.70. The van der Waals surface area contributed by atoms with Crippen LogP contribution in [0.5, 0.6) is 0 Å². The highest BCUT2D eigenvalue weighted by atomic mass is 35.5. The molecule has 1 aromatic carbocycles. The van der Waals surface area contributed by atoms with Crippen molar-refractivity contribution in [2.45, 2.75) is 12.3 Å². The quantitative estimate of drug-likeness (QED) is 0.852. The second-order valence-corrected chi connectivity index (χ2v) is 3.99. The van der Waals surface area contributed by atoms with Gasteiger partial charge in [-0.2, -0.15) is 5.10 Å². The zero-order valence-electron chi connectivity index (χ0n) is 8.60. The zero-order chi connectivity index (χ0) is 11.4. The Balaban J connectivity index is 2.13. The molecule has 0 radical (unpaired) electrons. The molecule has 0 fully saturated rings. The summed E-state index contributed by atoms with van der Waals surface area (Å²) in [5, 5.41) is 16.7. The first kappa shape index (κ1) is 11.1. The van der Waals surface area contributed by atoms with Gasteiger partial charge < -0.3 is 5.11 Å². The van der Waals surface area contributed by atoms with Crippen LogP contribution in [0.1, 0.15) is 17.3 Å². The van der Waals surface area contributed by atoms with Gasteiger partial charge in [-0.3, -0.25) is 5.10 Å². The molecule has 0 spiro atoms. The van der Waals surface area contributed by atoms with Gasteiger partial charge in [0.1, 0.15) is 6.33 Å². The maximum atomic E-state index is 9.35. The molecule has 1 aromatic heterocycles. The van der Waals surface area contributed by atoms with Crippen LogP contribution in [-0.2, 0) is 6.42 Å². The lowest BCUT2D eigenvalue weighted by Crippen LogP contribution is -2.08. The van der Waals surface area contributed by atoms with E-state index in [0.717, 1.165) is 5.56 Å². The van der Waals surface area contributed by atoms with Crippen LogP contribution in [0.15, 0.2) is 30.6 Å². The van der Waals surface area contributed by atoms with Gasteiger partial charge in [0.05, 0.1) is 6.61 Å². The summed E-state index contributed by atoms with van der Waals surface area (Å²) in [5.74, 6) is 0.710. The molecular weight excluding hydrogens is 226 g/mol. The van der Waals surface area contributed by atoms with Crippen molar-refractivity contribution in [3.63, 3.8) is 0 Å². The van der Waals surface area contributed by atoms with Crippen LogP contribution < -0.4 is 0 Å². The molecule has 84 valence electrons. The number of rotatable bonds is 4. The highest BCUT2D eigenvalue weighted by Crippen LogP contribution is 2.20. The van der Waals surface area contributed by atoms with Crippen molar-refractivity contribution < 1.29 is 5.11 Å². The second-order valence-electron chi connectivity index (χ2n) is 3.55. The van der Waals surface area contributed by atoms with Crippen molar-refractivity contribution in [3.05, 3.63) is 47.0 Å². The Morgan fingerprint density at radius 1 is 1.31 bits per heavy atom. The van der Waals surface area contributed by atoms with Gasteiger partial charge in [0.15, 0.2) is 5.82 Å². The Hall–Kier alpha value is -1.39. The van der Waals surface area contributed by atoms with E-state index >= 15 is 0 Å². The number of halogens is 1. The first-order valence-electron chi connectivity index (χ1n) is 5.00. The van der Waals surface area contributed by atoms with E-state index in [9.17, 15) is 5.11 Å². The third-order valence-electron chi connectivity index (χ3n) is 2.46. The molecule has 0 amide bonds. The number of hydrogen-bond acceptors (Lipinski definition) is 3. The number of aliphatic hydroxyl groups is 1. The van der Waals surface area contributed by atoms with Crippen molar-refractivity contribution in [1.82, 2.24) is 15.2 Å². The summed E-state index contributed by atoms with van der Waals surface area (Å²) in [5.41, 5.74) is 1.04. The lowest BCUT2D eigenvalue weighted by Gasteiger charge is -2.12. The Morgan fingerprint density at radius 3 is 2.62 bits per heavy atom. The van der Waals surface area contributed by atoms with Crippen molar-refractivity contribution in [1.29, 1.82) is 0 Å². The van der Waals surface area contributed by atoms with Gasteiger partial charge in [0, 0.05) is 17.4 Å². The van der Waals surface area contributed by atoms with E-state index in [1.165, 1.54) is 6.33 Å². The molecule has 2 N–H and O–H groups in total. The predicted molar refractivity (Wildman–Crippen MR) is 61.4 cm³/mol. The van der Waals surface area contributed by atoms with E-state index in [0.29, 0.717) is 17.3 Å². The number of aromatic nitrogens is 3. The lowest BCUT2D eigenvalue weighted by atomic mass is 9.96. The number of hydrogen-bond donors (Lipinski definition) is 2. The number of aliphatic hydroxyl groups excluding tert-OH is 1. The van der Waals surface area contributed by atoms with Crippen molar-refractivity contribution in [2.75, 3.05) is 6.61 Å². The summed E-state index contributed by atoms with van der Waals surface area (Å²) >= 11 is 5.81. The first-order valence-corrected chi connectivity index (χ1v) is 5.38. The number of benzene rings is 1. The number of H-pyrrole nitrogens is 1. The van der Waals surface area contributed by atoms with Gasteiger partial charge in [-0.1, -0.05) is 23.7 Å². The average Bonchev–Trinajstić information content (AvgIpc) is 2.80. The molecule has 1 heterocycles. The van der Waals surface area contributed by atoms with E-state index < -0.39 is 0 Å². The average molecular weight is 238 g/mol. The first-order chi connectivity index (χ1) is 7.79. The summed E-state index contributed by atoms with van der Waals surface area (Å²) in [6.45, 7) is 0.0656. The molecule has 0 aliphatic carbocycles. The van der Waals surface area contributed by atoms with Crippen LogP contribution in [0.4, 0.5) is 0 Å². The number of nitrogens with one attached hydrogen (secondary N) is 1. The normalized spacial score (nSPS) is 12.6. The maximum absolute atomic E-state index is 9.35. The maximum Gasteiger partial charge on any atom is 0.151 e. The van der Waals surface area contributed by atoms with E-state index in [4.69, 9.17) is 11.6 Å². The smallest absolute Gasteiger partial charge is 0.151 e. The van der Waals surface area contributed by atoms with Gasteiger partial charge in [-0.05, 0) is 17.7 Å². The Labute approximate surface area is 98.3 Å². The van der Waals surface area contributed by atoms with Gasteiger partial charge in [0.25, 0.3) is 0 Å². The molecule has 0 saturated heterocycles. The molecule has 0 aliphatic rings. The largest absolute Gasteiger partial charge is 0.396 e. The molecule has 2 rings (SSSR count). The van der Waals surface area contributed by atoms with E-state index in [1.54, 1.807) is 0 Å². The minimum absolute atomic E-state index is 0.00747. The van der Waals surface area contributed by atoms with Crippen LogP contribution in [0.25, 0.3) is 0 Å². The molecule has 1 unspecified atom stereocenters. The highest BCUT2D eigenvalue weighted by molar-refractivity contribution is 6.30. The van der Waals surface area contributed by atoms with E-state index in [-0.39, 0.29) is 12.5 Å². The summed E-state index contributed by atoms with van der Waals surface area (Å²) in [6.07, 6.45) is 2.15. The van der Waals surface area contributed by atoms with Gasteiger partial charge >= 0.3 is 0 Å². The third kappa shape index (κ3) is 2.59. The zero-order valence-corrected chi connectivity index (χ0v) is 9.35. The molecule has 5 heteroatoms.